The van der Waals surface area contributed by atoms with Crippen molar-refractivity contribution in [1.29, 1.82) is 0 Å². The van der Waals surface area contributed by atoms with Crippen molar-refractivity contribution >= 4 is 11.9 Å². The van der Waals surface area contributed by atoms with Crippen LogP contribution in [0.1, 0.15) is 80.6 Å². The van der Waals surface area contributed by atoms with E-state index in [-0.39, 0.29) is 51.7 Å². The third-order valence-corrected chi connectivity index (χ3v) is 14.3. The molecular formula is C54H70N2O14+2. The molecule has 2 heterocycles. The van der Waals surface area contributed by atoms with Crippen LogP contribution in [0.25, 0.3) is 0 Å². The summed E-state index contributed by atoms with van der Waals surface area (Å²) >= 11 is 0. The summed E-state index contributed by atoms with van der Waals surface area (Å²) in [6, 6.07) is 15.3. The topological polar surface area (TPSA) is 189 Å². The van der Waals surface area contributed by atoms with Crippen LogP contribution in [0.4, 0.5) is 0 Å². The van der Waals surface area contributed by atoms with Gasteiger partial charge in [0, 0.05) is 55.9 Å². The lowest BCUT2D eigenvalue weighted by atomic mass is 9.82. The molecular weight excluding hydrogens is 901 g/mol. The van der Waals surface area contributed by atoms with E-state index in [1.54, 1.807) is 42.7 Å². The fraction of sp³-hybridized carbons (Fsp3) is 0.481. The second kappa shape index (κ2) is 24.2. The number of benzene rings is 4. The number of hydrogen-bond acceptors (Lipinski definition) is 14. The van der Waals surface area contributed by atoms with E-state index in [0.29, 0.717) is 111 Å². The molecule has 16 nitrogen and oxygen atoms in total. The number of aliphatic hydroxyl groups is 4. The zero-order chi connectivity index (χ0) is 50.6. The SMILES string of the molecule is COc1ccc(CC2c3c(cc(OC)c(OC)c3OC)CC[N+]2(C)CCCOC(=O)C#CC(=O)OCCC[N+]2(C)CCc3cc(CO)c(CO)c(OC)c3C2Cc2ccc(CO)c(CO)c2)cc1OC. The number of hydrogen-bond donors (Lipinski definition) is 4. The average molecular weight is 971 g/mol. The Bertz CT molecular complexity index is 2380. The summed E-state index contributed by atoms with van der Waals surface area (Å²) < 4.78 is 46.8. The lowest BCUT2D eigenvalue weighted by Crippen LogP contribution is -2.53. The molecule has 0 aromatic heterocycles. The summed E-state index contributed by atoms with van der Waals surface area (Å²) in [6.07, 6.45) is 3.62. The van der Waals surface area contributed by atoms with E-state index in [0.717, 1.165) is 52.9 Å². The van der Waals surface area contributed by atoms with E-state index in [1.165, 1.54) is 0 Å². The maximum atomic E-state index is 12.8. The number of rotatable bonds is 22. The molecule has 0 saturated carbocycles. The highest BCUT2D eigenvalue weighted by Crippen LogP contribution is 2.51. The minimum absolute atomic E-state index is 0.0614. The van der Waals surface area contributed by atoms with Crippen molar-refractivity contribution in [2.24, 2.45) is 0 Å². The van der Waals surface area contributed by atoms with Crippen molar-refractivity contribution < 1.29 is 76.9 Å². The van der Waals surface area contributed by atoms with Crippen LogP contribution in [0.15, 0.2) is 48.5 Å². The summed E-state index contributed by atoms with van der Waals surface area (Å²) in [5.41, 5.74) is 8.51. The molecule has 4 aromatic rings. The van der Waals surface area contributed by atoms with E-state index in [2.05, 4.69) is 25.9 Å². The highest BCUT2D eigenvalue weighted by molar-refractivity contribution is 5.98. The lowest BCUT2D eigenvalue weighted by Gasteiger charge is -2.46. The molecule has 0 bridgehead atoms. The maximum Gasteiger partial charge on any atom is 0.384 e. The smallest absolute Gasteiger partial charge is 0.384 e. The molecule has 0 radical (unpaired) electrons. The first-order valence-corrected chi connectivity index (χ1v) is 23.6. The van der Waals surface area contributed by atoms with Crippen molar-refractivity contribution in [3.8, 4) is 46.3 Å². The molecule has 70 heavy (non-hydrogen) atoms. The van der Waals surface area contributed by atoms with E-state index in [4.69, 9.17) is 37.9 Å². The Kier molecular flexibility index (Phi) is 18.4. The first kappa shape index (κ1) is 53.3. The number of esters is 2. The second-order valence-corrected chi connectivity index (χ2v) is 18.3. The highest BCUT2D eigenvalue weighted by Gasteiger charge is 2.44. The van der Waals surface area contributed by atoms with Gasteiger partial charge < -0.3 is 67.3 Å². The fourth-order valence-electron chi connectivity index (χ4n) is 10.5. The van der Waals surface area contributed by atoms with Crippen molar-refractivity contribution in [2.75, 3.05) is 96.1 Å². The van der Waals surface area contributed by atoms with Crippen molar-refractivity contribution in [1.82, 2.24) is 0 Å². The summed E-state index contributed by atoms with van der Waals surface area (Å²) in [6.45, 7) is 1.96. The Balaban J connectivity index is 1.09. The van der Waals surface area contributed by atoms with Gasteiger partial charge in [0.1, 0.15) is 17.8 Å². The van der Waals surface area contributed by atoms with Crippen molar-refractivity contribution in [2.45, 2.75) is 77.0 Å². The van der Waals surface area contributed by atoms with Gasteiger partial charge in [0.15, 0.2) is 23.0 Å². The van der Waals surface area contributed by atoms with Gasteiger partial charge in [-0.3, -0.25) is 0 Å². The summed E-state index contributed by atoms with van der Waals surface area (Å²) in [7, 11) is 13.9. The second-order valence-electron chi connectivity index (χ2n) is 18.3. The molecule has 2 aliphatic rings. The summed E-state index contributed by atoms with van der Waals surface area (Å²) in [4.78, 5) is 25.6. The number of carbonyl (C=O) groups is 2. The molecule has 0 fully saturated rings. The number of aliphatic hydroxyl groups excluding tert-OH is 4. The molecule has 0 saturated heterocycles. The predicted molar refractivity (Wildman–Crippen MR) is 260 cm³/mol. The molecule has 6 rings (SSSR count). The first-order valence-electron chi connectivity index (χ1n) is 23.6. The molecule has 16 heteroatoms. The number of likely N-dealkylation sites (N-methyl/N-ethyl adjacent to an activating group) is 2. The van der Waals surface area contributed by atoms with Crippen LogP contribution in [-0.4, -0.2) is 137 Å². The minimum atomic E-state index is -0.838. The van der Waals surface area contributed by atoms with Gasteiger partial charge in [-0.1, -0.05) is 30.3 Å². The monoisotopic (exact) mass is 970 g/mol. The van der Waals surface area contributed by atoms with E-state index < -0.39 is 11.9 Å². The molecule has 4 unspecified atom stereocenters. The molecule has 0 amide bonds. The number of carbonyl (C=O) groups excluding carboxylic acids is 2. The molecule has 4 aromatic carbocycles. The Morgan fingerprint density at radius 3 is 1.54 bits per heavy atom. The number of nitrogens with zero attached hydrogens (tertiary/aromatic N) is 2. The molecule has 4 N–H and O–H groups in total. The van der Waals surface area contributed by atoms with Crippen LogP contribution in [0.3, 0.4) is 0 Å². The molecule has 0 aliphatic carbocycles. The van der Waals surface area contributed by atoms with Gasteiger partial charge in [-0.25, -0.2) is 9.59 Å². The van der Waals surface area contributed by atoms with Crippen molar-refractivity contribution in [3.05, 3.63) is 104 Å². The summed E-state index contributed by atoms with van der Waals surface area (Å²) in [5.74, 6) is 6.46. The van der Waals surface area contributed by atoms with Crippen LogP contribution in [-0.2, 0) is 71.2 Å². The third-order valence-electron chi connectivity index (χ3n) is 14.3. The predicted octanol–water partition coefficient (Wildman–Crippen LogP) is 4.85. The van der Waals surface area contributed by atoms with Gasteiger partial charge in [0.25, 0.3) is 0 Å². The van der Waals surface area contributed by atoms with Crippen LogP contribution in [0, 0.1) is 11.8 Å². The fourth-order valence-corrected chi connectivity index (χ4v) is 10.5. The number of quaternary nitrogens is 2. The zero-order valence-electron chi connectivity index (χ0n) is 41.9. The van der Waals surface area contributed by atoms with Gasteiger partial charge in [-0.2, -0.15) is 0 Å². The van der Waals surface area contributed by atoms with Crippen LogP contribution in [0.2, 0.25) is 0 Å². The highest BCUT2D eigenvalue weighted by atomic mass is 16.5. The number of methoxy groups -OCH3 is 6. The van der Waals surface area contributed by atoms with Gasteiger partial charge >= 0.3 is 11.9 Å². The molecule has 2 aliphatic heterocycles. The number of ether oxygens (including phenoxy) is 8. The Hall–Kier alpha value is -6.06. The van der Waals surface area contributed by atoms with E-state index in [1.807, 2.05) is 48.5 Å². The molecule has 378 valence electrons. The molecule has 0 spiro atoms. The Morgan fingerprint density at radius 2 is 1.04 bits per heavy atom. The Labute approximate surface area is 411 Å². The van der Waals surface area contributed by atoms with E-state index in [9.17, 15) is 30.0 Å². The van der Waals surface area contributed by atoms with Gasteiger partial charge in [0.2, 0.25) is 5.75 Å². The van der Waals surface area contributed by atoms with Crippen LogP contribution >= 0.6 is 0 Å². The third kappa shape index (κ3) is 11.6. The van der Waals surface area contributed by atoms with Gasteiger partial charge in [-0.05, 0) is 57.1 Å². The van der Waals surface area contributed by atoms with Crippen LogP contribution in [0.5, 0.6) is 34.5 Å². The standard InChI is InChI=1S/C54H70N2O14/c1-55(21-17-37-29-41(33-59)42(34-60)52(66-6)50(37)43(55)26-35-11-13-39(31-57)40(25-35)32-58)19-9-23-69-48(61)15-16-49(62)70-24-10-20-56(2)22-18-38-30-47(65-5)53(67-7)54(68-8)51(38)44(56)27-36-12-14-45(63-3)46(28-36)64-4/h11-14,25,28-30,43-44,57-60H,9-10,17-24,26-27,31-34H2,1-8H3/q+2. The average Bonchev–Trinajstić information content (AvgIpc) is 3.38. The lowest BCUT2D eigenvalue weighted by molar-refractivity contribution is -0.941. The van der Waals surface area contributed by atoms with Gasteiger partial charge in [0.05, 0.1) is 134 Å². The Morgan fingerprint density at radius 1 is 0.543 bits per heavy atom. The quantitative estimate of drug-likeness (QED) is 0.0275. The van der Waals surface area contributed by atoms with Crippen molar-refractivity contribution in [3.63, 3.8) is 0 Å². The minimum Gasteiger partial charge on any atom is -0.496 e. The largest absolute Gasteiger partial charge is 0.496 e. The zero-order valence-corrected chi connectivity index (χ0v) is 41.9. The van der Waals surface area contributed by atoms with Crippen LogP contribution < -0.4 is 28.4 Å². The number of fused-ring (bicyclic) bond motifs is 2. The van der Waals surface area contributed by atoms with Gasteiger partial charge in [-0.15, -0.1) is 0 Å². The first-order chi connectivity index (χ1) is 33.8. The maximum absolute atomic E-state index is 12.8. The molecule has 4 atom stereocenters. The summed E-state index contributed by atoms with van der Waals surface area (Å²) in [5, 5.41) is 40.5. The normalized spacial score (nSPS) is 19.1. The van der Waals surface area contributed by atoms with E-state index >= 15 is 0 Å².